The second-order valence-electron chi connectivity index (χ2n) is 11.4. The number of nitrogens with one attached hydrogen (secondary N) is 2. The van der Waals surface area contributed by atoms with Crippen molar-refractivity contribution in [1.82, 2.24) is 15.2 Å². The molecular formula is C37H37ClN4O4. The number of fused-ring (bicyclic) bond motifs is 1. The highest BCUT2D eigenvalue weighted by molar-refractivity contribution is 6.30. The molecule has 0 aliphatic rings. The zero-order valence-corrected chi connectivity index (χ0v) is 26.6. The monoisotopic (exact) mass is 636 g/mol. The molecule has 0 saturated heterocycles. The van der Waals surface area contributed by atoms with E-state index in [1.54, 1.807) is 19.2 Å². The van der Waals surface area contributed by atoms with Crippen molar-refractivity contribution < 1.29 is 19.1 Å². The SMILES string of the molecule is COc1ccc(C[C@H](NC(=O)c2ccc3c(c2)c(CC(N)=O)cn3Cc2ccc(C)cc2)C(=O)NCCc2ccc(Cl)cc2)cc1. The van der Waals surface area contributed by atoms with Gasteiger partial charge in [-0.25, -0.2) is 0 Å². The third-order valence-electron chi connectivity index (χ3n) is 7.91. The van der Waals surface area contributed by atoms with Gasteiger partial charge in [0.2, 0.25) is 11.8 Å². The predicted octanol–water partition coefficient (Wildman–Crippen LogP) is 5.39. The maximum Gasteiger partial charge on any atom is 0.251 e. The van der Waals surface area contributed by atoms with E-state index in [2.05, 4.69) is 39.5 Å². The molecule has 9 heteroatoms. The molecule has 4 aromatic carbocycles. The van der Waals surface area contributed by atoms with Crippen molar-refractivity contribution in [3.8, 4) is 5.75 Å². The number of carbonyl (C=O) groups is 3. The molecule has 1 atom stereocenters. The van der Waals surface area contributed by atoms with Crippen LogP contribution < -0.4 is 21.1 Å². The Hall–Kier alpha value is -5.08. The van der Waals surface area contributed by atoms with Crippen molar-refractivity contribution in [2.24, 2.45) is 5.73 Å². The Labute approximate surface area is 273 Å². The summed E-state index contributed by atoms with van der Waals surface area (Å²) in [5.74, 6) is -0.451. The molecule has 5 rings (SSSR count). The van der Waals surface area contributed by atoms with E-state index >= 15 is 0 Å². The molecule has 1 aromatic heterocycles. The molecule has 0 saturated carbocycles. The van der Waals surface area contributed by atoms with Crippen LogP contribution in [0.3, 0.4) is 0 Å². The van der Waals surface area contributed by atoms with Gasteiger partial charge < -0.3 is 25.7 Å². The molecular weight excluding hydrogens is 600 g/mol. The Balaban J connectivity index is 1.37. The summed E-state index contributed by atoms with van der Waals surface area (Å²) in [6.45, 7) is 3.03. The molecule has 46 heavy (non-hydrogen) atoms. The Morgan fingerprint density at radius 3 is 2.24 bits per heavy atom. The highest BCUT2D eigenvalue weighted by Gasteiger charge is 2.23. The van der Waals surface area contributed by atoms with Gasteiger partial charge in [0.15, 0.2) is 0 Å². The number of primary amides is 1. The summed E-state index contributed by atoms with van der Waals surface area (Å²) in [6.07, 6.45) is 2.85. The number of nitrogens with zero attached hydrogens (tertiary/aromatic N) is 1. The van der Waals surface area contributed by atoms with Crippen LogP contribution in [-0.2, 0) is 35.4 Å². The molecule has 0 fully saturated rings. The van der Waals surface area contributed by atoms with E-state index < -0.39 is 17.9 Å². The second-order valence-corrected chi connectivity index (χ2v) is 11.8. The fraction of sp³-hybridized carbons (Fsp3) is 0.216. The maximum absolute atomic E-state index is 13.7. The third kappa shape index (κ3) is 8.34. The van der Waals surface area contributed by atoms with Gasteiger partial charge in [0.1, 0.15) is 11.8 Å². The fourth-order valence-corrected chi connectivity index (χ4v) is 5.54. The van der Waals surface area contributed by atoms with Crippen LogP contribution in [0.1, 0.15) is 38.2 Å². The normalized spacial score (nSPS) is 11.6. The summed E-state index contributed by atoms with van der Waals surface area (Å²) in [7, 11) is 1.59. The number of carbonyl (C=O) groups excluding carboxylic acids is 3. The van der Waals surface area contributed by atoms with Crippen LogP contribution in [-0.4, -0.2) is 42.0 Å². The number of hydrogen-bond donors (Lipinski definition) is 3. The quantitative estimate of drug-likeness (QED) is 0.161. The van der Waals surface area contributed by atoms with Crippen LogP contribution >= 0.6 is 11.6 Å². The minimum atomic E-state index is -0.835. The first kappa shape index (κ1) is 32.3. The van der Waals surface area contributed by atoms with Crippen LogP contribution in [0.2, 0.25) is 5.02 Å². The average molecular weight is 637 g/mol. The highest BCUT2D eigenvalue weighted by Crippen LogP contribution is 2.25. The summed E-state index contributed by atoms with van der Waals surface area (Å²) in [5.41, 5.74) is 11.8. The van der Waals surface area contributed by atoms with Crippen LogP contribution in [0.5, 0.6) is 5.75 Å². The number of aromatic nitrogens is 1. The second kappa shape index (κ2) is 14.8. The lowest BCUT2D eigenvalue weighted by Gasteiger charge is -2.19. The molecule has 0 unspecified atom stereocenters. The number of aryl methyl sites for hydroxylation is 1. The molecule has 3 amide bonds. The van der Waals surface area contributed by atoms with Crippen LogP contribution in [0.25, 0.3) is 10.9 Å². The third-order valence-corrected chi connectivity index (χ3v) is 8.16. The van der Waals surface area contributed by atoms with E-state index in [0.29, 0.717) is 35.8 Å². The smallest absolute Gasteiger partial charge is 0.251 e. The first-order chi connectivity index (χ1) is 22.2. The highest BCUT2D eigenvalue weighted by atomic mass is 35.5. The van der Waals surface area contributed by atoms with Gasteiger partial charge in [0, 0.05) is 47.2 Å². The topological polar surface area (TPSA) is 115 Å². The van der Waals surface area contributed by atoms with E-state index in [1.165, 1.54) is 5.56 Å². The Morgan fingerprint density at radius 1 is 0.891 bits per heavy atom. The lowest BCUT2D eigenvalue weighted by molar-refractivity contribution is -0.123. The molecule has 0 radical (unpaired) electrons. The molecule has 0 aliphatic heterocycles. The van der Waals surface area contributed by atoms with Crippen molar-refractivity contribution in [3.63, 3.8) is 0 Å². The molecule has 0 spiro atoms. The molecule has 0 aliphatic carbocycles. The molecule has 8 nitrogen and oxygen atoms in total. The van der Waals surface area contributed by atoms with Gasteiger partial charge in [-0.3, -0.25) is 14.4 Å². The van der Waals surface area contributed by atoms with Crippen molar-refractivity contribution >= 4 is 40.2 Å². The van der Waals surface area contributed by atoms with Crippen molar-refractivity contribution in [3.05, 3.63) is 136 Å². The zero-order chi connectivity index (χ0) is 32.6. The van der Waals surface area contributed by atoms with E-state index in [9.17, 15) is 14.4 Å². The van der Waals surface area contributed by atoms with Gasteiger partial charge >= 0.3 is 0 Å². The Kier molecular flexibility index (Phi) is 10.4. The summed E-state index contributed by atoms with van der Waals surface area (Å²) in [5, 5.41) is 7.33. The number of methoxy groups -OCH3 is 1. The number of ether oxygens (including phenoxy) is 1. The molecule has 1 heterocycles. The lowest BCUT2D eigenvalue weighted by atomic mass is 10.0. The minimum absolute atomic E-state index is 0.0403. The summed E-state index contributed by atoms with van der Waals surface area (Å²) in [4.78, 5) is 39.0. The van der Waals surface area contributed by atoms with Crippen LogP contribution in [0.15, 0.2) is 97.2 Å². The van der Waals surface area contributed by atoms with E-state index in [-0.39, 0.29) is 18.7 Å². The molecule has 4 N–H and O–H groups in total. The minimum Gasteiger partial charge on any atom is -0.497 e. The lowest BCUT2D eigenvalue weighted by Crippen LogP contribution is -2.48. The van der Waals surface area contributed by atoms with Gasteiger partial charge in [-0.1, -0.05) is 65.7 Å². The van der Waals surface area contributed by atoms with Gasteiger partial charge in [0.05, 0.1) is 13.5 Å². The molecule has 0 bridgehead atoms. The van der Waals surface area contributed by atoms with Crippen LogP contribution in [0.4, 0.5) is 0 Å². The number of rotatable bonds is 13. The molecule has 236 valence electrons. The molecule has 5 aromatic rings. The van der Waals surface area contributed by atoms with Crippen LogP contribution in [0, 0.1) is 6.92 Å². The number of amides is 3. The van der Waals surface area contributed by atoms with Crippen molar-refractivity contribution in [2.45, 2.75) is 38.8 Å². The van der Waals surface area contributed by atoms with Crippen molar-refractivity contribution in [2.75, 3.05) is 13.7 Å². The van der Waals surface area contributed by atoms with Gasteiger partial charge in [-0.15, -0.1) is 0 Å². The van der Waals surface area contributed by atoms with E-state index in [4.69, 9.17) is 22.1 Å². The maximum atomic E-state index is 13.7. The van der Waals surface area contributed by atoms with E-state index in [1.807, 2.05) is 67.7 Å². The van der Waals surface area contributed by atoms with E-state index in [0.717, 1.165) is 33.2 Å². The summed E-state index contributed by atoms with van der Waals surface area (Å²) < 4.78 is 7.32. The Morgan fingerprint density at radius 2 is 1.57 bits per heavy atom. The number of nitrogens with two attached hydrogens (primary N) is 1. The fourth-order valence-electron chi connectivity index (χ4n) is 5.41. The van der Waals surface area contributed by atoms with Gasteiger partial charge in [-0.05, 0) is 78.1 Å². The number of halogens is 1. The predicted molar refractivity (Wildman–Crippen MR) is 181 cm³/mol. The Bertz CT molecular complexity index is 1830. The van der Waals surface area contributed by atoms with Gasteiger partial charge in [-0.2, -0.15) is 0 Å². The first-order valence-corrected chi connectivity index (χ1v) is 15.5. The van der Waals surface area contributed by atoms with Gasteiger partial charge in [0.25, 0.3) is 5.91 Å². The largest absolute Gasteiger partial charge is 0.497 e. The zero-order valence-electron chi connectivity index (χ0n) is 25.9. The standard InChI is InChI=1S/C37H37ClN4O4/c1-24-3-5-27(6-4-24)22-42-23-29(21-35(39)43)32-20-28(11-16-34(32)42)36(44)41-33(19-26-9-14-31(46-2)15-10-26)37(45)40-18-17-25-7-12-30(38)13-8-25/h3-16,20,23,33H,17-19,21-22H2,1-2H3,(H2,39,43)(H,40,45)(H,41,44)/t33-/m0/s1. The van der Waals surface area contributed by atoms with Crippen molar-refractivity contribution in [1.29, 1.82) is 0 Å². The number of hydrogen-bond acceptors (Lipinski definition) is 4. The summed E-state index contributed by atoms with van der Waals surface area (Å²) >= 11 is 5.99. The first-order valence-electron chi connectivity index (χ1n) is 15.1. The summed E-state index contributed by atoms with van der Waals surface area (Å²) in [6, 6.07) is 27.6. The number of benzene rings is 4. The average Bonchev–Trinajstić information content (AvgIpc) is 3.38.